The second-order valence-corrected chi connectivity index (χ2v) is 11.3. The van der Waals surface area contributed by atoms with E-state index in [9.17, 15) is 23.2 Å². The van der Waals surface area contributed by atoms with Crippen LogP contribution in [0.1, 0.15) is 28.4 Å². The summed E-state index contributed by atoms with van der Waals surface area (Å²) < 4.78 is 29.6. The van der Waals surface area contributed by atoms with Gasteiger partial charge >= 0.3 is 0 Å². The lowest BCUT2D eigenvalue weighted by Gasteiger charge is -2.27. The third-order valence-corrected chi connectivity index (χ3v) is 9.52. The van der Waals surface area contributed by atoms with Gasteiger partial charge in [0, 0.05) is 30.9 Å². The highest BCUT2D eigenvalue weighted by atomic mass is 32.3. The summed E-state index contributed by atoms with van der Waals surface area (Å²) in [6, 6.07) is 15.9. The largest absolute Gasteiger partial charge is 0.340 e. The van der Waals surface area contributed by atoms with Crippen molar-refractivity contribution in [3.05, 3.63) is 94.0 Å². The Kier molecular flexibility index (Phi) is 6.19. The lowest BCUT2D eigenvalue weighted by atomic mass is 10.1. The predicted molar refractivity (Wildman–Crippen MR) is 129 cm³/mol. The van der Waals surface area contributed by atoms with Crippen molar-refractivity contribution in [3.63, 3.8) is 0 Å². The van der Waals surface area contributed by atoms with Gasteiger partial charge in [-0.25, -0.2) is 18.6 Å². The molecule has 2 aliphatic heterocycles. The van der Waals surface area contributed by atoms with E-state index in [0.29, 0.717) is 23.1 Å². The first-order chi connectivity index (χ1) is 16.9. The van der Waals surface area contributed by atoms with Crippen LogP contribution in [0, 0.1) is 0 Å². The number of carbonyl (C=O) groups excluding carboxylic acids is 2. The van der Waals surface area contributed by atoms with E-state index >= 15 is 0 Å². The fraction of sp³-hybridized carbons (Fsp3) is 0.174. The Bertz CT molecular complexity index is 1390. The summed E-state index contributed by atoms with van der Waals surface area (Å²) in [5.74, 6) is -1.15. The number of nitrogens with one attached hydrogen (secondary N) is 2. The average Bonchev–Trinajstić information content (AvgIpc) is 3.59. The minimum absolute atomic E-state index is 0.00256. The molecule has 2 aliphatic rings. The maximum absolute atomic E-state index is 13.3. The van der Waals surface area contributed by atoms with Crippen LogP contribution in [-0.4, -0.2) is 51.4 Å². The molecular weight excluding hydrogens is 490 g/mol. The van der Waals surface area contributed by atoms with Gasteiger partial charge < -0.3 is 5.32 Å². The molecule has 12 heteroatoms. The van der Waals surface area contributed by atoms with Crippen LogP contribution < -0.4 is 10.8 Å². The highest BCUT2D eigenvalue weighted by Gasteiger charge is 2.48. The van der Waals surface area contributed by atoms with E-state index in [2.05, 4.69) is 10.4 Å². The van der Waals surface area contributed by atoms with Crippen molar-refractivity contribution in [3.8, 4) is 5.69 Å². The summed E-state index contributed by atoms with van der Waals surface area (Å²) in [4.78, 5) is 25.2. The van der Waals surface area contributed by atoms with Gasteiger partial charge in [-0.05, 0) is 41.5 Å². The van der Waals surface area contributed by atoms with Crippen LogP contribution in [0.15, 0.2) is 82.9 Å². The zero-order chi connectivity index (χ0) is 24.6. The number of hydrogen-bond acceptors (Lipinski definition) is 7. The summed E-state index contributed by atoms with van der Waals surface area (Å²) in [5.41, 5.74) is 3.90. The maximum Gasteiger partial charge on any atom is 0.266 e. The fourth-order valence-corrected chi connectivity index (χ4v) is 7.88. The van der Waals surface area contributed by atoms with Crippen molar-refractivity contribution in [2.24, 2.45) is 0 Å². The first-order valence-corrected chi connectivity index (χ1v) is 13.0. The average molecular weight is 512 g/mol. The first kappa shape index (κ1) is 23.3. The quantitative estimate of drug-likeness (QED) is 0.341. The first-order valence-electron chi connectivity index (χ1n) is 10.7. The Morgan fingerprint density at radius 1 is 1.09 bits per heavy atom. The molecule has 1 unspecified atom stereocenters. The number of hydroxylamine groups is 1. The molecule has 0 saturated carbocycles. The number of amides is 2. The van der Waals surface area contributed by atoms with E-state index in [1.807, 2.05) is 0 Å². The van der Waals surface area contributed by atoms with Crippen molar-refractivity contribution in [2.75, 3.05) is 6.54 Å². The molecule has 3 heterocycles. The second-order valence-electron chi connectivity index (χ2n) is 8.01. The van der Waals surface area contributed by atoms with Crippen molar-refractivity contribution in [2.45, 2.75) is 17.8 Å². The molecule has 0 fully saturated rings. The van der Waals surface area contributed by atoms with Crippen LogP contribution in [0.25, 0.3) is 5.69 Å². The summed E-state index contributed by atoms with van der Waals surface area (Å²) in [6.07, 6.45) is 3.79. The zero-order valence-corrected chi connectivity index (χ0v) is 19.9. The monoisotopic (exact) mass is 511 g/mol. The van der Waals surface area contributed by atoms with Gasteiger partial charge in [0.15, 0.2) is 0 Å². The lowest BCUT2D eigenvalue weighted by Crippen LogP contribution is -2.42. The van der Waals surface area contributed by atoms with Gasteiger partial charge in [-0.15, -0.1) is 0 Å². The molecule has 5 rings (SSSR count). The van der Waals surface area contributed by atoms with Crippen molar-refractivity contribution in [1.82, 2.24) is 24.9 Å². The van der Waals surface area contributed by atoms with Crippen LogP contribution >= 0.6 is 11.8 Å². The number of sulfonamides is 1. The molecule has 1 aromatic heterocycles. The predicted octanol–water partition coefficient (Wildman–Crippen LogP) is 2.17. The number of hydrogen-bond donors (Lipinski definition) is 3. The molecule has 2 amide bonds. The van der Waals surface area contributed by atoms with Crippen molar-refractivity contribution < 1.29 is 23.2 Å². The number of thioether (sulfide) groups is 1. The number of aromatic nitrogens is 2. The van der Waals surface area contributed by atoms with Gasteiger partial charge in [0.25, 0.3) is 21.8 Å². The molecule has 3 N–H and O–H groups in total. The van der Waals surface area contributed by atoms with Gasteiger partial charge in [-0.3, -0.25) is 14.8 Å². The molecule has 0 spiro atoms. The minimum atomic E-state index is -3.99. The molecule has 0 saturated heterocycles. The highest BCUT2D eigenvalue weighted by molar-refractivity contribution is 8.18. The standard InChI is InChI=1S/C23H21N5O5S2/c29-21(16-7-9-18(10-8-16)27-12-4-11-24-27)25-19-13-17-14-28(35(32,33)23(17)34-19)20(22(30)26-31)15-5-2-1-3-6-15/h1-12,19-20,31H,13-14H2,(H,25,29)(H,26,30)/t19?,20-/m1/s1. The zero-order valence-electron chi connectivity index (χ0n) is 18.2. The smallest absolute Gasteiger partial charge is 0.266 e. The van der Waals surface area contributed by atoms with Crippen LogP contribution in [0.5, 0.6) is 0 Å². The Morgan fingerprint density at radius 3 is 2.46 bits per heavy atom. The lowest BCUT2D eigenvalue weighted by molar-refractivity contribution is -0.133. The normalized spacial score (nSPS) is 19.9. The van der Waals surface area contributed by atoms with E-state index < -0.39 is 27.3 Å². The molecule has 35 heavy (non-hydrogen) atoms. The van der Waals surface area contributed by atoms with E-state index in [4.69, 9.17) is 0 Å². The van der Waals surface area contributed by atoms with Gasteiger partial charge in [0.2, 0.25) is 0 Å². The van der Waals surface area contributed by atoms with E-state index in [-0.39, 0.29) is 16.7 Å². The van der Waals surface area contributed by atoms with Crippen LogP contribution in [0.3, 0.4) is 0 Å². The maximum atomic E-state index is 13.3. The van der Waals surface area contributed by atoms with E-state index in [0.717, 1.165) is 21.8 Å². The fourth-order valence-electron chi connectivity index (χ4n) is 4.19. The molecule has 2 aromatic carbocycles. The van der Waals surface area contributed by atoms with Crippen LogP contribution in [-0.2, 0) is 14.8 Å². The minimum Gasteiger partial charge on any atom is -0.340 e. The molecular formula is C23H21N5O5S2. The second kappa shape index (κ2) is 9.30. The Labute approximate surface area is 205 Å². The highest BCUT2D eigenvalue weighted by Crippen LogP contribution is 2.48. The molecule has 0 bridgehead atoms. The third kappa shape index (κ3) is 4.36. The van der Waals surface area contributed by atoms with Gasteiger partial charge in [-0.2, -0.15) is 9.40 Å². The van der Waals surface area contributed by atoms with E-state index in [1.54, 1.807) is 83.2 Å². The van der Waals surface area contributed by atoms with Crippen LogP contribution in [0.2, 0.25) is 0 Å². The molecule has 180 valence electrons. The Morgan fingerprint density at radius 2 is 1.83 bits per heavy atom. The topological polar surface area (TPSA) is 134 Å². The SMILES string of the molecule is O=C(NC1CC2=C(S1)S(=O)(=O)N([C@@H](C(=O)NO)c1ccccc1)C2)c1ccc(-n2cccn2)cc1. The number of benzene rings is 2. The summed E-state index contributed by atoms with van der Waals surface area (Å²) in [5, 5.41) is 15.8. The molecule has 0 aliphatic carbocycles. The molecule has 3 aromatic rings. The molecule has 10 nitrogen and oxygen atoms in total. The van der Waals surface area contributed by atoms with E-state index in [1.165, 1.54) is 0 Å². The number of rotatable bonds is 6. The molecule has 0 radical (unpaired) electrons. The van der Waals surface area contributed by atoms with Gasteiger partial charge in [-0.1, -0.05) is 42.1 Å². The third-order valence-electron chi connectivity index (χ3n) is 5.81. The van der Waals surface area contributed by atoms with Gasteiger partial charge in [0.1, 0.15) is 10.3 Å². The summed E-state index contributed by atoms with van der Waals surface area (Å²) in [6.45, 7) is 0.00256. The molecule has 2 atom stereocenters. The number of carbonyl (C=O) groups is 2. The van der Waals surface area contributed by atoms with Gasteiger partial charge in [0.05, 0.1) is 11.1 Å². The Balaban J connectivity index is 1.28. The van der Waals surface area contributed by atoms with Crippen molar-refractivity contribution in [1.29, 1.82) is 0 Å². The Hall–Kier alpha value is -3.45. The number of nitrogens with zero attached hydrogens (tertiary/aromatic N) is 3. The van der Waals surface area contributed by atoms with Crippen molar-refractivity contribution >= 4 is 33.6 Å². The van der Waals surface area contributed by atoms with Crippen LogP contribution in [0.4, 0.5) is 0 Å². The summed E-state index contributed by atoms with van der Waals surface area (Å²) in [7, 11) is -3.99. The summed E-state index contributed by atoms with van der Waals surface area (Å²) >= 11 is 1.06.